The molecule has 1 aromatic rings. The first-order valence-corrected chi connectivity index (χ1v) is 7.90. The van der Waals surface area contributed by atoms with Crippen molar-refractivity contribution in [1.29, 1.82) is 0 Å². The maximum atomic E-state index is 4.40. The number of rotatable bonds is 5. The first-order valence-electron chi connectivity index (χ1n) is 7.90. The van der Waals surface area contributed by atoms with Crippen LogP contribution in [0.15, 0.2) is 0 Å². The summed E-state index contributed by atoms with van der Waals surface area (Å²) in [5.74, 6) is 3.94. The molecule has 0 aromatic carbocycles. The molecule has 0 radical (unpaired) electrons. The van der Waals surface area contributed by atoms with Gasteiger partial charge in [0.1, 0.15) is 11.6 Å². The summed E-state index contributed by atoms with van der Waals surface area (Å²) in [4.78, 5) is 0. The Bertz CT molecular complexity index is 418. The van der Waals surface area contributed by atoms with Gasteiger partial charge in [-0.05, 0) is 37.5 Å². The molecule has 1 atom stereocenters. The lowest BCUT2D eigenvalue weighted by Crippen LogP contribution is -2.36. The number of fused-ring (bicyclic) bond motifs is 1. The molecule has 1 aliphatic heterocycles. The Kier molecular flexibility index (Phi) is 3.87. The van der Waals surface area contributed by atoms with Crippen LogP contribution in [-0.2, 0) is 19.5 Å². The molecule has 0 saturated heterocycles. The van der Waals surface area contributed by atoms with Crippen molar-refractivity contribution in [2.45, 2.75) is 71.5 Å². The van der Waals surface area contributed by atoms with Gasteiger partial charge >= 0.3 is 0 Å². The minimum Gasteiger partial charge on any atom is -0.314 e. The van der Waals surface area contributed by atoms with Gasteiger partial charge in [-0.1, -0.05) is 20.3 Å². The normalized spacial score (nSPS) is 21.2. The van der Waals surface area contributed by atoms with Crippen LogP contribution < -0.4 is 5.32 Å². The SMILES string of the molecule is CC(C)[C@H](NCc1nnc2n1CCCCC2)C1CC1. The maximum absolute atomic E-state index is 4.40. The molecule has 106 valence electrons. The van der Waals surface area contributed by atoms with Crippen molar-refractivity contribution < 1.29 is 0 Å². The number of hydrogen-bond acceptors (Lipinski definition) is 3. The second-order valence-corrected chi connectivity index (χ2v) is 6.48. The molecular formula is C15H26N4. The van der Waals surface area contributed by atoms with Crippen molar-refractivity contribution in [2.75, 3.05) is 0 Å². The third-order valence-electron chi connectivity index (χ3n) is 4.53. The van der Waals surface area contributed by atoms with Crippen molar-refractivity contribution in [1.82, 2.24) is 20.1 Å². The summed E-state index contributed by atoms with van der Waals surface area (Å²) in [7, 11) is 0. The van der Waals surface area contributed by atoms with Gasteiger partial charge in [0, 0.05) is 19.0 Å². The Balaban J connectivity index is 1.64. The molecule has 1 saturated carbocycles. The van der Waals surface area contributed by atoms with E-state index >= 15 is 0 Å². The van der Waals surface area contributed by atoms with E-state index in [0.717, 1.165) is 31.3 Å². The van der Waals surface area contributed by atoms with Crippen LogP contribution in [0.5, 0.6) is 0 Å². The number of nitrogens with zero attached hydrogens (tertiary/aromatic N) is 3. The zero-order valence-corrected chi connectivity index (χ0v) is 12.2. The van der Waals surface area contributed by atoms with Crippen LogP contribution in [0, 0.1) is 11.8 Å². The number of hydrogen-bond donors (Lipinski definition) is 1. The average Bonchev–Trinajstić information content (AvgIpc) is 3.17. The molecule has 0 unspecified atom stereocenters. The fourth-order valence-corrected chi connectivity index (χ4v) is 3.29. The van der Waals surface area contributed by atoms with E-state index in [4.69, 9.17) is 0 Å². The van der Waals surface area contributed by atoms with Gasteiger partial charge in [0.2, 0.25) is 0 Å². The van der Waals surface area contributed by atoms with E-state index in [1.54, 1.807) is 0 Å². The van der Waals surface area contributed by atoms with E-state index in [0.29, 0.717) is 12.0 Å². The van der Waals surface area contributed by atoms with E-state index in [9.17, 15) is 0 Å². The van der Waals surface area contributed by atoms with E-state index in [1.807, 2.05) is 0 Å². The topological polar surface area (TPSA) is 42.7 Å². The molecule has 4 heteroatoms. The second kappa shape index (κ2) is 5.61. The van der Waals surface area contributed by atoms with Gasteiger partial charge in [-0.3, -0.25) is 0 Å². The lowest BCUT2D eigenvalue weighted by Gasteiger charge is -2.22. The van der Waals surface area contributed by atoms with Crippen molar-refractivity contribution in [2.24, 2.45) is 11.8 Å². The predicted molar refractivity (Wildman–Crippen MR) is 75.8 cm³/mol. The van der Waals surface area contributed by atoms with Crippen LogP contribution in [0.25, 0.3) is 0 Å². The molecule has 3 rings (SSSR count). The molecule has 4 nitrogen and oxygen atoms in total. The highest BCUT2D eigenvalue weighted by Gasteiger charge is 2.33. The summed E-state index contributed by atoms with van der Waals surface area (Å²) in [6.07, 6.45) is 7.76. The van der Waals surface area contributed by atoms with E-state index in [-0.39, 0.29) is 0 Å². The summed E-state index contributed by atoms with van der Waals surface area (Å²) < 4.78 is 2.35. The van der Waals surface area contributed by atoms with E-state index in [1.165, 1.54) is 37.9 Å². The monoisotopic (exact) mass is 262 g/mol. The highest BCUT2D eigenvalue weighted by Crippen LogP contribution is 2.35. The molecular weight excluding hydrogens is 236 g/mol. The third-order valence-corrected chi connectivity index (χ3v) is 4.53. The molecule has 0 amide bonds. The largest absolute Gasteiger partial charge is 0.314 e. The molecule has 1 aromatic heterocycles. The zero-order valence-electron chi connectivity index (χ0n) is 12.2. The molecule has 1 N–H and O–H groups in total. The van der Waals surface area contributed by atoms with Crippen molar-refractivity contribution in [3.63, 3.8) is 0 Å². The van der Waals surface area contributed by atoms with Gasteiger partial charge in [0.25, 0.3) is 0 Å². The minimum atomic E-state index is 0.652. The highest BCUT2D eigenvalue weighted by molar-refractivity contribution is 4.99. The van der Waals surface area contributed by atoms with Gasteiger partial charge in [0.15, 0.2) is 0 Å². The van der Waals surface area contributed by atoms with Gasteiger partial charge in [-0.25, -0.2) is 0 Å². The summed E-state index contributed by atoms with van der Waals surface area (Å²) in [6, 6.07) is 0.652. The van der Waals surface area contributed by atoms with Crippen LogP contribution in [-0.4, -0.2) is 20.8 Å². The fraction of sp³-hybridized carbons (Fsp3) is 0.867. The Labute approximate surface area is 116 Å². The molecule has 19 heavy (non-hydrogen) atoms. The molecule has 2 heterocycles. The predicted octanol–water partition coefficient (Wildman–Crippen LogP) is 2.53. The first-order chi connectivity index (χ1) is 9.25. The standard InChI is InChI=1S/C15H26N4/c1-11(2)15(12-7-8-12)16-10-14-18-17-13-6-4-3-5-9-19(13)14/h11-12,15-16H,3-10H2,1-2H3/t15-/m0/s1. The van der Waals surface area contributed by atoms with Crippen molar-refractivity contribution in [3.05, 3.63) is 11.6 Å². The summed E-state index contributed by atoms with van der Waals surface area (Å²) in [6.45, 7) is 6.63. The third kappa shape index (κ3) is 2.99. The molecule has 0 bridgehead atoms. The summed E-state index contributed by atoms with van der Waals surface area (Å²) in [5, 5.41) is 12.5. The lowest BCUT2D eigenvalue weighted by molar-refractivity contribution is 0.352. The molecule has 2 aliphatic rings. The van der Waals surface area contributed by atoms with Gasteiger partial charge < -0.3 is 9.88 Å². The summed E-state index contributed by atoms with van der Waals surface area (Å²) >= 11 is 0. The van der Waals surface area contributed by atoms with Crippen LogP contribution in [0.2, 0.25) is 0 Å². The Morgan fingerprint density at radius 2 is 2.05 bits per heavy atom. The molecule has 1 fully saturated rings. The van der Waals surface area contributed by atoms with Crippen LogP contribution >= 0.6 is 0 Å². The van der Waals surface area contributed by atoms with Gasteiger partial charge in [0.05, 0.1) is 6.54 Å². The van der Waals surface area contributed by atoms with Crippen LogP contribution in [0.4, 0.5) is 0 Å². The van der Waals surface area contributed by atoms with Crippen LogP contribution in [0.1, 0.15) is 57.6 Å². The summed E-state index contributed by atoms with van der Waals surface area (Å²) in [5.41, 5.74) is 0. The minimum absolute atomic E-state index is 0.652. The lowest BCUT2D eigenvalue weighted by atomic mass is 10.00. The number of aryl methyl sites for hydroxylation is 1. The van der Waals surface area contributed by atoms with Gasteiger partial charge in [-0.15, -0.1) is 10.2 Å². The van der Waals surface area contributed by atoms with E-state index in [2.05, 4.69) is 33.9 Å². The van der Waals surface area contributed by atoms with Gasteiger partial charge in [-0.2, -0.15) is 0 Å². The highest BCUT2D eigenvalue weighted by atomic mass is 15.3. The fourth-order valence-electron chi connectivity index (χ4n) is 3.29. The average molecular weight is 262 g/mol. The molecule has 0 spiro atoms. The van der Waals surface area contributed by atoms with Crippen molar-refractivity contribution >= 4 is 0 Å². The molecule has 1 aliphatic carbocycles. The van der Waals surface area contributed by atoms with E-state index < -0.39 is 0 Å². The number of aromatic nitrogens is 3. The second-order valence-electron chi connectivity index (χ2n) is 6.48. The Hall–Kier alpha value is -0.900. The van der Waals surface area contributed by atoms with Crippen LogP contribution in [0.3, 0.4) is 0 Å². The maximum Gasteiger partial charge on any atom is 0.147 e. The first kappa shape index (κ1) is 13.1. The quantitative estimate of drug-likeness (QED) is 0.886. The zero-order chi connectivity index (χ0) is 13.2. The van der Waals surface area contributed by atoms with Crippen molar-refractivity contribution in [3.8, 4) is 0 Å². The Morgan fingerprint density at radius 3 is 2.79 bits per heavy atom. The smallest absolute Gasteiger partial charge is 0.147 e. The Morgan fingerprint density at radius 1 is 1.21 bits per heavy atom. The number of nitrogens with one attached hydrogen (secondary N) is 1.